The third kappa shape index (κ3) is 5.98. The highest BCUT2D eigenvalue weighted by Gasteiger charge is 2.22. The number of methoxy groups -OCH3 is 1. The van der Waals surface area contributed by atoms with E-state index in [1.807, 2.05) is 35.2 Å². The molecule has 1 amide bonds. The van der Waals surface area contributed by atoms with E-state index in [9.17, 15) is 4.79 Å². The van der Waals surface area contributed by atoms with Gasteiger partial charge in [0.05, 0.1) is 12.4 Å². The summed E-state index contributed by atoms with van der Waals surface area (Å²) in [5.41, 5.74) is 1.11. The lowest BCUT2D eigenvalue weighted by Crippen LogP contribution is -2.34. The van der Waals surface area contributed by atoms with Gasteiger partial charge in [-0.05, 0) is 18.4 Å². The highest BCUT2D eigenvalue weighted by Crippen LogP contribution is 2.30. The van der Waals surface area contributed by atoms with E-state index in [0.717, 1.165) is 15.0 Å². The zero-order chi connectivity index (χ0) is 17.5. The van der Waals surface area contributed by atoms with E-state index >= 15 is 0 Å². The Morgan fingerprint density at radius 1 is 1.36 bits per heavy atom. The lowest BCUT2D eigenvalue weighted by atomic mass is 10.2. The standard InChI is InChI=1S/C17H22N4O2S2/c1-23-10-9-21(11-13-5-3-2-4-6-13)15(22)12-24-17-20-19-16(25-17)18-14-7-8-14/h2-6,14H,7-12H2,1H3,(H,18,19). The van der Waals surface area contributed by atoms with Crippen LogP contribution in [0.15, 0.2) is 34.7 Å². The number of aromatic nitrogens is 2. The largest absolute Gasteiger partial charge is 0.383 e. The molecule has 1 aliphatic carbocycles. The minimum absolute atomic E-state index is 0.0813. The number of amides is 1. The lowest BCUT2D eigenvalue weighted by molar-refractivity contribution is -0.129. The van der Waals surface area contributed by atoms with Crippen molar-refractivity contribution in [1.29, 1.82) is 0 Å². The molecule has 0 unspecified atom stereocenters. The average Bonchev–Trinajstić information content (AvgIpc) is 3.33. The van der Waals surface area contributed by atoms with Gasteiger partial charge in [0.15, 0.2) is 4.34 Å². The van der Waals surface area contributed by atoms with Crippen molar-refractivity contribution in [2.45, 2.75) is 29.8 Å². The quantitative estimate of drug-likeness (QED) is 0.641. The third-order valence-corrected chi connectivity index (χ3v) is 5.74. The van der Waals surface area contributed by atoms with Gasteiger partial charge < -0.3 is 15.0 Å². The van der Waals surface area contributed by atoms with Gasteiger partial charge >= 0.3 is 0 Å². The van der Waals surface area contributed by atoms with Crippen LogP contribution in [0.3, 0.4) is 0 Å². The van der Waals surface area contributed by atoms with Crippen molar-refractivity contribution >= 4 is 34.1 Å². The molecule has 1 heterocycles. The fourth-order valence-corrected chi connectivity index (χ4v) is 3.97. The van der Waals surface area contributed by atoms with Gasteiger partial charge in [0, 0.05) is 26.2 Å². The van der Waals surface area contributed by atoms with Gasteiger partial charge in [-0.1, -0.05) is 53.4 Å². The summed E-state index contributed by atoms with van der Waals surface area (Å²) in [6.45, 7) is 1.70. The molecule has 6 nitrogen and oxygen atoms in total. The van der Waals surface area contributed by atoms with Crippen LogP contribution in [-0.2, 0) is 16.1 Å². The van der Waals surface area contributed by atoms with Crippen LogP contribution in [0.1, 0.15) is 18.4 Å². The minimum Gasteiger partial charge on any atom is -0.383 e. The van der Waals surface area contributed by atoms with Crippen molar-refractivity contribution in [3.63, 3.8) is 0 Å². The summed E-state index contributed by atoms with van der Waals surface area (Å²) in [5, 5.41) is 12.4. The van der Waals surface area contributed by atoms with E-state index in [1.165, 1.54) is 35.9 Å². The van der Waals surface area contributed by atoms with E-state index in [0.29, 0.717) is 31.5 Å². The normalized spacial score (nSPS) is 13.6. The Kier molecular flexibility index (Phi) is 6.66. The van der Waals surface area contributed by atoms with E-state index in [-0.39, 0.29) is 5.91 Å². The van der Waals surface area contributed by atoms with Crippen LogP contribution in [0, 0.1) is 0 Å². The molecular weight excluding hydrogens is 356 g/mol. The lowest BCUT2D eigenvalue weighted by Gasteiger charge is -2.22. The zero-order valence-electron chi connectivity index (χ0n) is 14.2. The van der Waals surface area contributed by atoms with Crippen LogP contribution in [0.4, 0.5) is 5.13 Å². The topological polar surface area (TPSA) is 67.3 Å². The van der Waals surface area contributed by atoms with Crippen molar-refractivity contribution in [1.82, 2.24) is 15.1 Å². The number of ether oxygens (including phenoxy) is 1. The van der Waals surface area contributed by atoms with Crippen molar-refractivity contribution in [2.24, 2.45) is 0 Å². The van der Waals surface area contributed by atoms with Gasteiger partial charge in [-0.3, -0.25) is 4.79 Å². The second-order valence-corrected chi connectivity index (χ2v) is 8.07. The number of anilines is 1. The zero-order valence-corrected chi connectivity index (χ0v) is 15.8. The van der Waals surface area contributed by atoms with Gasteiger partial charge in [-0.25, -0.2) is 0 Å². The van der Waals surface area contributed by atoms with E-state index in [1.54, 1.807) is 7.11 Å². The third-order valence-electron chi connectivity index (χ3n) is 3.76. The van der Waals surface area contributed by atoms with Crippen molar-refractivity contribution in [3.8, 4) is 0 Å². The summed E-state index contributed by atoms with van der Waals surface area (Å²) >= 11 is 2.95. The molecule has 8 heteroatoms. The van der Waals surface area contributed by atoms with Crippen LogP contribution < -0.4 is 5.32 Å². The maximum absolute atomic E-state index is 12.6. The Morgan fingerprint density at radius 2 is 2.16 bits per heavy atom. The molecule has 1 aliphatic rings. The van der Waals surface area contributed by atoms with Crippen molar-refractivity contribution in [3.05, 3.63) is 35.9 Å². The average molecular weight is 379 g/mol. The Labute approximate surface area is 156 Å². The molecule has 0 spiro atoms. The van der Waals surface area contributed by atoms with Gasteiger partial charge in [-0.2, -0.15) is 0 Å². The first-order valence-electron chi connectivity index (χ1n) is 8.28. The van der Waals surface area contributed by atoms with Crippen LogP contribution in [-0.4, -0.2) is 53.1 Å². The molecule has 1 saturated carbocycles. The van der Waals surface area contributed by atoms with E-state index < -0.39 is 0 Å². The molecule has 1 fully saturated rings. The van der Waals surface area contributed by atoms with Gasteiger partial charge in [0.2, 0.25) is 11.0 Å². The fourth-order valence-electron chi connectivity index (χ4n) is 2.24. The molecule has 0 radical (unpaired) electrons. The Balaban J connectivity index is 1.52. The Bertz CT molecular complexity index is 676. The molecule has 0 bridgehead atoms. The molecule has 0 atom stereocenters. The van der Waals surface area contributed by atoms with Gasteiger partial charge in [0.25, 0.3) is 0 Å². The molecule has 25 heavy (non-hydrogen) atoms. The summed E-state index contributed by atoms with van der Waals surface area (Å²) in [4.78, 5) is 14.4. The number of hydrogen-bond acceptors (Lipinski definition) is 7. The summed E-state index contributed by atoms with van der Waals surface area (Å²) in [7, 11) is 1.65. The predicted molar refractivity (Wildman–Crippen MR) is 101 cm³/mol. The molecule has 1 N–H and O–H groups in total. The molecule has 2 aromatic rings. The molecule has 0 saturated heterocycles. The number of nitrogens with zero attached hydrogens (tertiary/aromatic N) is 3. The van der Waals surface area contributed by atoms with Crippen LogP contribution in [0.25, 0.3) is 0 Å². The number of carbonyl (C=O) groups is 1. The second kappa shape index (κ2) is 9.17. The SMILES string of the molecule is COCCN(Cc1ccccc1)C(=O)CSc1nnc(NC2CC2)s1. The number of benzene rings is 1. The maximum atomic E-state index is 12.6. The van der Waals surface area contributed by atoms with Crippen LogP contribution in [0.2, 0.25) is 0 Å². The molecule has 3 rings (SSSR count). The summed E-state index contributed by atoms with van der Waals surface area (Å²) in [5.74, 6) is 0.437. The number of carbonyl (C=O) groups excluding carboxylic acids is 1. The minimum atomic E-state index is 0.0813. The van der Waals surface area contributed by atoms with Crippen LogP contribution in [0.5, 0.6) is 0 Å². The molecular formula is C17H22N4O2S2. The number of thioether (sulfide) groups is 1. The highest BCUT2D eigenvalue weighted by molar-refractivity contribution is 8.01. The monoisotopic (exact) mass is 378 g/mol. The smallest absolute Gasteiger partial charge is 0.233 e. The summed E-state index contributed by atoms with van der Waals surface area (Å²) in [6, 6.07) is 10.6. The highest BCUT2D eigenvalue weighted by atomic mass is 32.2. The summed E-state index contributed by atoms with van der Waals surface area (Å²) < 4.78 is 5.96. The molecule has 1 aromatic carbocycles. The summed E-state index contributed by atoms with van der Waals surface area (Å²) in [6.07, 6.45) is 2.41. The maximum Gasteiger partial charge on any atom is 0.233 e. The first-order chi connectivity index (χ1) is 12.2. The molecule has 0 aliphatic heterocycles. The molecule has 134 valence electrons. The molecule has 1 aromatic heterocycles. The number of rotatable bonds is 10. The van der Waals surface area contributed by atoms with Crippen molar-refractivity contribution < 1.29 is 9.53 Å². The van der Waals surface area contributed by atoms with Gasteiger partial charge in [0.1, 0.15) is 0 Å². The first kappa shape index (κ1) is 18.2. The number of nitrogens with one attached hydrogen (secondary N) is 1. The number of hydrogen-bond donors (Lipinski definition) is 1. The fraction of sp³-hybridized carbons (Fsp3) is 0.471. The van der Waals surface area contributed by atoms with Crippen LogP contribution >= 0.6 is 23.1 Å². The first-order valence-corrected chi connectivity index (χ1v) is 10.1. The Hall–Kier alpha value is -1.64. The van der Waals surface area contributed by atoms with E-state index in [4.69, 9.17) is 4.74 Å². The predicted octanol–water partition coefficient (Wildman–Crippen LogP) is 2.88. The van der Waals surface area contributed by atoms with Crippen molar-refractivity contribution in [2.75, 3.05) is 31.3 Å². The van der Waals surface area contributed by atoms with E-state index in [2.05, 4.69) is 15.5 Å². The van der Waals surface area contributed by atoms with Gasteiger partial charge in [-0.15, -0.1) is 10.2 Å². The Morgan fingerprint density at radius 3 is 2.88 bits per heavy atom. The second-order valence-electron chi connectivity index (χ2n) is 5.87.